The van der Waals surface area contributed by atoms with Gasteiger partial charge in [0.1, 0.15) is 0 Å². The van der Waals surface area contributed by atoms with Gasteiger partial charge in [-0.05, 0) is 31.2 Å². The maximum absolute atomic E-state index is 12.9. The molecule has 4 heteroatoms. The summed E-state index contributed by atoms with van der Waals surface area (Å²) in [5.41, 5.74) is 1.15. The summed E-state index contributed by atoms with van der Waals surface area (Å²) in [6, 6.07) is 10.4. The first-order valence-corrected chi connectivity index (χ1v) is 9.34. The number of hydrogen-bond donors (Lipinski definition) is 1. The van der Waals surface area contributed by atoms with E-state index in [-0.39, 0.29) is 17.7 Å². The van der Waals surface area contributed by atoms with E-state index in [1.165, 1.54) is 12.8 Å². The van der Waals surface area contributed by atoms with Crippen LogP contribution in [0, 0.1) is 5.92 Å². The first-order valence-electron chi connectivity index (χ1n) is 9.34. The molecule has 2 amide bonds. The molecule has 24 heavy (non-hydrogen) atoms. The van der Waals surface area contributed by atoms with E-state index in [0.717, 1.165) is 44.2 Å². The quantitative estimate of drug-likeness (QED) is 0.902. The fourth-order valence-corrected chi connectivity index (χ4v) is 3.92. The van der Waals surface area contributed by atoms with Gasteiger partial charge in [0.2, 0.25) is 11.8 Å². The minimum Gasteiger partial charge on any atom is -0.353 e. The monoisotopic (exact) mass is 328 g/mol. The van der Waals surface area contributed by atoms with E-state index in [2.05, 4.69) is 17.4 Å². The summed E-state index contributed by atoms with van der Waals surface area (Å²) in [4.78, 5) is 27.1. The van der Waals surface area contributed by atoms with Gasteiger partial charge in [0.15, 0.2) is 0 Å². The molecular formula is C20H28N2O2. The predicted octanol–water partition coefficient (Wildman–Crippen LogP) is 3.26. The van der Waals surface area contributed by atoms with Crippen LogP contribution in [0.1, 0.15) is 56.9 Å². The summed E-state index contributed by atoms with van der Waals surface area (Å²) in [7, 11) is 0. The molecule has 130 valence electrons. The Hall–Kier alpha value is -1.84. The van der Waals surface area contributed by atoms with Crippen LogP contribution in [0.2, 0.25) is 0 Å². The highest BCUT2D eigenvalue weighted by atomic mass is 16.2. The summed E-state index contributed by atoms with van der Waals surface area (Å²) < 4.78 is 0. The van der Waals surface area contributed by atoms with Crippen LogP contribution in [-0.4, -0.2) is 29.3 Å². The van der Waals surface area contributed by atoms with E-state index < -0.39 is 0 Å². The fourth-order valence-electron chi connectivity index (χ4n) is 3.92. The van der Waals surface area contributed by atoms with Crippen LogP contribution in [0.5, 0.6) is 0 Å². The van der Waals surface area contributed by atoms with Crippen LogP contribution in [0.4, 0.5) is 0 Å². The molecule has 1 aromatic carbocycles. The molecule has 2 fully saturated rings. The third-order valence-corrected chi connectivity index (χ3v) is 5.26. The number of rotatable bonds is 5. The van der Waals surface area contributed by atoms with Gasteiger partial charge in [-0.1, -0.05) is 49.6 Å². The molecule has 0 spiro atoms. The maximum Gasteiger partial charge on any atom is 0.226 e. The van der Waals surface area contributed by atoms with Crippen LogP contribution in [-0.2, 0) is 16.1 Å². The number of benzene rings is 1. The zero-order valence-corrected chi connectivity index (χ0v) is 14.4. The Morgan fingerprint density at radius 1 is 1.04 bits per heavy atom. The van der Waals surface area contributed by atoms with Crippen LogP contribution in [0.3, 0.4) is 0 Å². The van der Waals surface area contributed by atoms with E-state index in [9.17, 15) is 9.59 Å². The molecule has 0 aromatic heterocycles. The van der Waals surface area contributed by atoms with Gasteiger partial charge in [-0.2, -0.15) is 0 Å². The van der Waals surface area contributed by atoms with Crippen molar-refractivity contribution in [1.82, 2.24) is 10.2 Å². The van der Waals surface area contributed by atoms with Crippen LogP contribution < -0.4 is 5.32 Å². The molecule has 1 aliphatic heterocycles. The molecular weight excluding hydrogens is 300 g/mol. The number of nitrogens with zero attached hydrogens (tertiary/aromatic N) is 1. The van der Waals surface area contributed by atoms with Gasteiger partial charge >= 0.3 is 0 Å². The molecule has 0 bridgehead atoms. The van der Waals surface area contributed by atoms with E-state index in [0.29, 0.717) is 19.0 Å². The summed E-state index contributed by atoms with van der Waals surface area (Å²) in [6.07, 6.45) is 7.83. The number of likely N-dealkylation sites (tertiary alicyclic amines) is 1. The second-order valence-electron chi connectivity index (χ2n) is 7.19. The Balaban J connectivity index is 1.57. The largest absolute Gasteiger partial charge is 0.353 e. The normalized spacial score (nSPS) is 22.4. The second kappa shape index (κ2) is 8.32. The van der Waals surface area contributed by atoms with Gasteiger partial charge in [0.05, 0.1) is 0 Å². The van der Waals surface area contributed by atoms with Crippen LogP contribution in [0.25, 0.3) is 0 Å². The fraction of sp³-hybridized carbons (Fsp3) is 0.600. The van der Waals surface area contributed by atoms with Crippen LogP contribution in [0.15, 0.2) is 30.3 Å². The van der Waals surface area contributed by atoms with Gasteiger partial charge in [-0.15, -0.1) is 0 Å². The van der Waals surface area contributed by atoms with Gasteiger partial charge in [-0.3, -0.25) is 9.59 Å². The minimum absolute atomic E-state index is 0.0572. The van der Waals surface area contributed by atoms with Gasteiger partial charge in [0.25, 0.3) is 0 Å². The van der Waals surface area contributed by atoms with E-state index in [4.69, 9.17) is 0 Å². The van der Waals surface area contributed by atoms with Crippen molar-refractivity contribution in [3.63, 3.8) is 0 Å². The van der Waals surface area contributed by atoms with Crippen molar-refractivity contribution < 1.29 is 9.59 Å². The van der Waals surface area contributed by atoms with Gasteiger partial charge in [-0.25, -0.2) is 0 Å². The summed E-state index contributed by atoms with van der Waals surface area (Å²) in [5.74, 6) is 0.0531. The van der Waals surface area contributed by atoms with Crippen molar-refractivity contribution >= 4 is 11.8 Å². The number of nitrogens with one attached hydrogen (secondary N) is 1. The first-order chi connectivity index (χ1) is 11.7. The zero-order chi connectivity index (χ0) is 16.8. The number of hydrogen-bond acceptors (Lipinski definition) is 2. The lowest BCUT2D eigenvalue weighted by Gasteiger charge is -2.24. The first kappa shape index (κ1) is 17.0. The Morgan fingerprint density at radius 3 is 2.50 bits per heavy atom. The molecule has 1 saturated heterocycles. The van der Waals surface area contributed by atoms with E-state index in [1.54, 1.807) is 0 Å². The summed E-state index contributed by atoms with van der Waals surface area (Å²) >= 11 is 0. The molecule has 1 aromatic rings. The van der Waals surface area contributed by atoms with Crippen molar-refractivity contribution in [3.05, 3.63) is 35.9 Å². The smallest absolute Gasteiger partial charge is 0.226 e. The van der Waals surface area contributed by atoms with Crippen molar-refractivity contribution in [2.24, 2.45) is 5.92 Å². The molecule has 1 saturated carbocycles. The highest BCUT2D eigenvalue weighted by molar-refractivity contribution is 5.86. The number of amides is 2. The number of carbonyl (C=O) groups is 2. The van der Waals surface area contributed by atoms with Crippen molar-refractivity contribution in [1.29, 1.82) is 0 Å². The van der Waals surface area contributed by atoms with Crippen molar-refractivity contribution in [3.8, 4) is 0 Å². The molecule has 2 aliphatic rings. The Labute approximate surface area is 144 Å². The lowest BCUT2D eigenvalue weighted by Crippen LogP contribution is -2.39. The highest BCUT2D eigenvalue weighted by Gasteiger charge is 2.29. The lowest BCUT2D eigenvalue weighted by atomic mass is 9.98. The Morgan fingerprint density at radius 2 is 1.75 bits per heavy atom. The zero-order valence-electron chi connectivity index (χ0n) is 14.4. The molecule has 1 heterocycles. The molecule has 4 nitrogen and oxygen atoms in total. The van der Waals surface area contributed by atoms with Gasteiger partial charge < -0.3 is 10.2 Å². The Bertz CT molecular complexity index is 552. The molecule has 0 radical (unpaired) electrons. The van der Waals surface area contributed by atoms with Crippen LogP contribution >= 0.6 is 0 Å². The average molecular weight is 328 g/mol. The molecule has 1 unspecified atom stereocenters. The average Bonchev–Trinajstić information content (AvgIpc) is 3.03. The summed E-state index contributed by atoms with van der Waals surface area (Å²) in [6.45, 7) is 1.45. The topological polar surface area (TPSA) is 49.4 Å². The predicted molar refractivity (Wildman–Crippen MR) is 94.2 cm³/mol. The maximum atomic E-state index is 12.9. The van der Waals surface area contributed by atoms with E-state index >= 15 is 0 Å². The lowest BCUT2D eigenvalue weighted by molar-refractivity contribution is -0.138. The minimum atomic E-state index is -0.155. The number of carbonyl (C=O) groups excluding carboxylic acids is 2. The second-order valence-corrected chi connectivity index (χ2v) is 7.19. The highest BCUT2D eigenvalue weighted by Crippen LogP contribution is 2.23. The molecule has 1 aliphatic carbocycles. The molecule has 3 rings (SSSR count). The molecule has 1 atom stereocenters. The summed E-state index contributed by atoms with van der Waals surface area (Å²) in [5, 5.41) is 3.12. The SMILES string of the molecule is O=C(CC1CCCCN(Cc2ccccc2)C1=O)NC1CCCC1. The van der Waals surface area contributed by atoms with Crippen molar-refractivity contribution in [2.45, 2.75) is 64.0 Å². The standard InChI is InChI=1S/C20H28N2O2/c23-19(21-18-11-4-5-12-18)14-17-10-6-7-13-22(20(17)24)15-16-8-2-1-3-9-16/h1-3,8-9,17-18H,4-7,10-15H2,(H,21,23). The van der Waals surface area contributed by atoms with Gasteiger partial charge in [0, 0.05) is 31.5 Å². The third-order valence-electron chi connectivity index (χ3n) is 5.26. The third kappa shape index (κ3) is 4.59. The molecule has 1 N–H and O–H groups in total. The Kier molecular flexibility index (Phi) is 5.89. The van der Waals surface area contributed by atoms with E-state index in [1.807, 2.05) is 23.1 Å². The van der Waals surface area contributed by atoms with Crippen molar-refractivity contribution in [2.75, 3.05) is 6.54 Å².